The first kappa shape index (κ1) is 13.5. The maximum atomic E-state index is 12.1. The number of likely N-dealkylation sites (N-methyl/N-ethyl adjacent to an activating group) is 1. The Hall–Kier alpha value is -2.47. The van der Waals surface area contributed by atoms with Crippen LogP contribution >= 0.6 is 11.3 Å². The van der Waals surface area contributed by atoms with Crippen LogP contribution < -0.4 is 0 Å². The first-order chi connectivity index (χ1) is 10.2. The van der Waals surface area contributed by atoms with Gasteiger partial charge in [0.1, 0.15) is 0 Å². The molecule has 0 aliphatic rings. The second-order valence-electron chi connectivity index (χ2n) is 4.63. The first-order valence-electron chi connectivity index (χ1n) is 6.48. The van der Waals surface area contributed by atoms with Gasteiger partial charge in [-0.2, -0.15) is 11.3 Å². The lowest BCUT2D eigenvalue weighted by Crippen LogP contribution is -2.25. The van der Waals surface area contributed by atoms with E-state index in [0.29, 0.717) is 6.54 Å². The smallest absolute Gasteiger partial charge is 0.246 e. The number of rotatable bonds is 4. The molecule has 0 radical (unpaired) electrons. The molecular formula is C15H14N4OS. The molecule has 1 amide bonds. The highest BCUT2D eigenvalue weighted by Crippen LogP contribution is 2.09. The molecule has 3 aromatic rings. The Labute approximate surface area is 126 Å². The van der Waals surface area contributed by atoms with Crippen molar-refractivity contribution in [2.24, 2.45) is 0 Å². The summed E-state index contributed by atoms with van der Waals surface area (Å²) in [5.74, 6) is 0.680. The molecule has 0 aliphatic carbocycles. The highest BCUT2D eigenvalue weighted by atomic mass is 32.1. The summed E-state index contributed by atoms with van der Waals surface area (Å²) in [7, 11) is 1.75. The number of hydrogen-bond acceptors (Lipinski definition) is 4. The van der Waals surface area contributed by atoms with Gasteiger partial charge in [-0.25, -0.2) is 0 Å². The summed E-state index contributed by atoms with van der Waals surface area (Å²) in [6.45, 7) is 0.415. The van der Waals surface area contributed by atoms with Gasteiger partial charge in [-0.15, -0.1) is 10.2 Å². The Balaban J connectivity index is 1.71. The van der Waals surface area contributed by atoms with E-state index in [1.807, 2.05) is 51.7 Å². The third-order valence-corrected chi connectivity index (χ3v) is 3.80. The molecular weight excluding hydrogens is 284 g/mol. The second kappa shape index (κ2) is 5.88. The van der Waals surface area contributed by atoms with Crippen LogP contribution in [-0.4, -0.2) is 32.5 Å². The van der Waals surface area contributed by atoms with Gasteiger partial charge in [0.25, 0.3) is 0 Å². The Morgan fingerprint density at radius 2 is 2.29 bits per heavy atom. The zero-order valence-corrected chi connectivity index (χ0v) is 12.3. The number of carbonyl (C=O) groups is 1. The topological polar surface area (TPSA) is 50.5 Å². The number of hydrogen-bond donors (Lipinski definition) is 0. The van der Waals surface area contributed by atoms with E-state index in [-0.39, 0.29) is 5.91 Å². The average Bonchev–Trinajstić information content (AvgIpc) is 3.15. The fourth-order valence-corrected chi connectivity index (χ4v) is 2.58. The van der Waals surface area contributed by atoms with Crippen molar-refractivity contribution in [3.8, 4) is 0 Å². The molecule has 0 unspecified atom stereocenters. The average molecular weight is 298 g/mol. The van der Waals surface area contributed by atoms with Crippen molar-refractivity contribution in [1.82, 2.24) is 19.5 Å². The van der Waals surface area contributed by atoms with Gasteiger partial charge >= 0.3 is 0 Å². The minimum Gasteiger partial charge on any atom is -0.335 e. The van der Waals surface area contributed by atoms with Gasteiger partial charge in [-0.3, -0.25) is 9.20 Å². The van der Waals surface area contributed by atoms with Gasteiger partial charge in [0.15, 0.2) is 11.5 Å². The number of carbonyl (C=O) groups excluding carboxylic acids is 1. The van der Waals surface area contributed by atoms with Crippen molar-refractivity contribution in [3.63, 3.8) is 0 Å². The SMILES string of the molecule is CN(Cc1nnc2ccccn12)C(=O)/C=C\c1ccsc1. The lowest BCUT2D eigenvalue weighted by molar-refractivity contribution is -0.125. The van der Waals surface area contributed by atoms with Crippen molar-refractivity contribution in [1.29, 1.82) is 0 Å². The lowest BCUT2D eigenvalue weighted by Gasteiger charge is -2.13. The molecule has 0 N–H and O–H groups in total. The van der Waals surface area contributed by atoms with Gasteiger partial charge < -0.3 is 4.90 Å². The largest absolute Gasteiger partial charge is 0.335 e. The highest BCUT2D eigenvalue weighted by Gasteiger charge is 2.10. The maximum Gasteiger partial charge on any atom is 0.246 e. The van der Waals surface area contributed by atoms with Gasteiger partial charge in [0, 0.05) is 19.3 Å². The number of nitrogens with zero attached hydrogens (tertiary/aromatic N) is 4. The van der Waals surface area contributed by atoms with E-state index >= 15 is 0 Å². The van der Waals surface area contributed by atoms with Crippen LogP contribution in [0.1, 0.15) is 11.4 Å². The molecule has 21 heavy (non-hydrogen) atoms. The lowest BCUT2D eigenvalue weighted by atomic mass is 10.3. The van der Waals surface area contributed by atoms with E-state index in [1.54, 1.807) is 29.4 Å². The van der Waals surface area contributed by atoms with Crippen LogP contribution in [0.5, 0.6) is 0 Å². The number of aromatic nitrogens is 3. The predicted octanol–water partition coefficient (Wildman–Crippen LogP) is 2.46. The third kappa shape index (κ3) is 3.00. The van der Waals surface area contributed by atoms with Crippen molar-refractivity contribution >= 4 is 29.0 Å². The zero-order valence-electron chi connectivity index (χ0n) is 11.5. The number of amides is 1. The normalized spacial score (nSPS) is 11.3. The van der Waals surface area contributed by atoms with Crippen LogP contribution in [0.4, 0.5) is 0 Å². The molecule has 3 aromatic heterocycles. The van der Waals surface area contributed by atoms with Crippen LogP contribution in [0, 0.1) is 0 Å². The molecule has 3 heterocycles. The summed E-state index contributed by atoms with van der Waals surface area (Å²) in [6.07, 6.45) is 5.28. The van der Waals surface area contributed by atoms with Crippen molar-refractivity contribution in [2.75, 3.05) is 7.05 Å². The van der Waals surface area contributed by atoms with Gasteiger partial charge in [-0.1, -0.05) is 6.07 Å². The molecule has 0 bridgehead atoms. The fraction of sp³-hybridized carbons (Fsp3) is 0.133. The Bertz CT molecular complexity index is 776. The number of thiophene rings is 1. The van der Waals surface area contributed by atoms with Crippen LogP contribution in [-0.2, 0) is 11.3 Å². The summed E-state index contributed by atoms with van der Waals surface area (Å²) < 4.78 is 1.88. The molecule has 0 saturated heterocycles. The van der Waals surface area contributed by atoms with E-state index in [0.717, 1.165) is 17.0 Å². The molecule has 6 heteroatoms. The summed E-state index contributed by atoms with van der Waals surface area (Å²) in [5.41, 5.74) is 1.82. The quantitative estimate of drug-likeness (QED) is 0.695. The number of pyridine rings is 1. The first-order valence-corrected chi connectivity index (χ1v) is 7.42. The maximum absolute atomic E-state index is 12.1. The molecule has 0 spiro atoms. The second-order valence-corrected chi connectivity index (χ2v) is 5.41. The minimum atomic E-state index is -0.0612. The summed E-state index contributed by atoms with van der Waals surface area (Å²) in [5, 5.41) is 12.2. The molecule has 0 aromatic carbocycles. The molecule has 0 saturated carbocycles. The van der Waals surface area contributed by atoms with Crippen molar-refractivity contribution < 1.29 is 4.79 Å². The van der Waals surface area contributed by atoms with E-state index in [4.69, 9.17) is 0 Å². The predicted molar refractivity (Wildman–Crippen MR) is 82.8 cm³/mol. The van der Waals surface area contributed by atoms with Crippen LogP contribution in [0.25, 0.3) is 11.7 Å². The Morgan fingerprint density at radius 3 is 3.10 bits per heavy atom. The van der Waals surface area contributed by atoms with Crippen LogP contribution in [0.3, 0.4) is 0 Å². The molecule has 5 nitrogen and oxygen atoms in total. The molecule has 0 atom stereocenters. The van der Waals surface area contributed by atoms with Gasteiger partial charge in [0.05, 0.1) is 6.54 Å². The van der Waals surface area contributed by atoms with E-state index < -0.39 is 0 Å². The molecule has 106 valence electrons. The number of fused-ring (bicyclic) bond motifs is 1. The van der Waals surface area contributed by atoms with Crippen molar-refractivity contribution in [3.05, 3.63) is 58.7 Å². The van der Waals surface area contributed by atoms with E-state index in [9.17, 15) is 4.79 Å². The Morgan fingerprint density at radius 1 is 1.38 bits per heavy atom. The molecule has 0 fully saturated rings. The van der Waals surface area contributed by atoms with E-state index in [1.165, 1.54) is 0 Å². The zero-order chi connectivity index (χ0) is 14.7. The summed E-state index contributed by atoms with van der Waals surface area (Å²) in [6, 6.07) is 7.68. The van der Waals surface area contributed by atoms with E-state index in [2.05, 4.69) is 10.2 Å². The molecule has 0 aliphatic heterocycles. The third-order valence-electron chi connectivity index (χ3n) is 3.10. The Kier molecular flexibility index (Phi) is 3.79. The minimum absolute atomic E-state index is 0.0612. The summed E-state index contributed by atoms with van der Waals surface area (Å²) >= 11 is 1.61. The van der Waals surface area contributed by atoms with Crippen LogP contribution in [0.2, 0.25) is 0 Å². The molecule has 3 rings (SSSR count). The van der Waals surface area contributed by atoms with Crippen LogP contribution in [0.15, 0.2) is 47.3 Å². The highest BCUT2D eigenvalue weighted by molar-refractivity contribution is 7.08. The van der Waals surface area contributed by atoms with Gasteiger partial charge in [-0.05, 0) is 40.6 Å². The standard InChI is InChI=1S/C15H14N4OS/c1-18(15(20)6-5-12-7-9-21-11-12)10-14-17-16-13-4-2-3-8-19(13)14/h2-9,11H,10H2,1H3/b6-5-. The monoisotopic (exact) mass is 298 g/mol. The fourth-order valence-electron chi connectivity index (χ4n) is 1.95. The van der Waals surface area contributed by atoms with Gasteiger partial charge in [0.2, 0.25) is 5.91 Å². The van der Waals surface area contributed by atoms with Crippen molar-refractivity contribution in [2.45, 2.75) is 6.54 Å². The summed E-state index contributed by atoms with van der Waals surface area (Å²) in [4.78, 5) is 13.7.